The SMILES string of the molecule is O=C(Cn1c(COc2ccccc2)nc2ccccc21)Nc1cc(Cl)ccc1F. The van der Waals surface area contributed by atoms with E-state index >= 15 is 0 Å². The molecule has 1 amide bonds. The Balaban J connectivity index is 1.58. The Morgan fingerprint density at radius 1 is 1.07 bits per heavy atom. The minimum absolute atomic E-state index is 0.0361. The number of fused-ring (bicyclic) bond motifs is 1. The minimum Gasteiger partial charge on any atom is -0.486 e. The summed E-state index contributed by atoms with van der Waals surface area (Å²) >= 11 is 5.90. The standard InChI is InChI=1S/C22H17ClFN3O2/c23-15-10-11-17(24)19(12-15)26-22(28)13-27-20-9-5-4-8-18(20)25-21(27)14-29-16-6-2-1-3-7-16/h1-12H,13-14H2,(H,26,28). The van der Waals surface area contributed by atoms with Gasteiger partial charge in [-0.25, -0.2) is 9.37 Å². The molecule has 0 aliphatic carbocycles. The summed E-state index contributed by atoms with van der Waals surface area (Å²) in [7, 11) is 0. The van der Waals surface area contributed by atoms with Crippen LogP contribution in [0.25, 0.3) is 11.0 Å². The van der Waals surface area contributed by atoms with Crippen molar-refractivity contribution in [3.05, 3.63) is 89.5 Å². The summed E-state index contributed by atoms with van der Waals surface area (Å²) in [5.41, 5.74) is 1.58. The second-order valence-electron chi connectivity index (χ2n) is 6.38. The fraction of sp³-hybridized carbons (Fsp3) is 0.0909. The maximum absolute atomic E-state index is 13.9. The number of carbonyl (C=O) groups is 1. The first-order chi connectivity index (χ1) is 14.1. The number of halogens is 2. The van der Waals surface area contributed by atoms with Gasteiger partial charge >= 0.3 is 0 Å². The van der Waals surface area contributed by atoms with E-state index in [4.69, 9.17) is 16.3 Å². The Bertz CT molecular complexity index is 1160. The van der Waals surface area contributed by atoms with E-state index in [2.05, 4.69) is 10.3 Å². The predicted octanol–water partition coefficient (Wildman–Crippen LogP) is 5.05. The Morgan fingerprint density at radius 3 is 2.66 bits per heavy atom. The van der Waals surface area contributed by atoms with Gasteiger partial charge in [0.2, 0.25) is 5.91 Å². The van der Waals surface area contributed by atoms with Crippen molar-refractivity contribution >= 4 is 34.2 Å². The van der Waals surface area contributed by atoms with Crippen LogP contribution in [-0.2, 0) is 17.9 Å². The lowest BCUT2D eigenvalue weighted by molar-refractivity contribution is -0.116. The maximum atomic E-state index is 13.9. The molecule has 0 aliphatic heterocycles. The molecule has 0 aliphatic rings. The number of hydrogen-bond acceptors (Lipinski definition) is 3. The third-order valence-corrected chi connectivity index (χ3v) is 4.58. The molecule has 0 fully saturated rings. The quantitative estimate of drug-likeness (QED) is 0.485. The number of nitrogens with one attached hydrogen (secondary N) is 1. The number of para-hydroxylation sites is 3. The van der Waals surface area contributed by atoms with Crippen LogP contribution in [0.4, 0.5) is 10.1 Å². The number of aromatic nitrogens is 2. The van der Waals surface area contributed by atoms with Gasteiger partial charge in [-0.2, -0.15) is 0 Å². The number of nitrogens with zero attached hydrogens (tertiary/aromatic N) is 2. The molecule has 29 heavy (non-hydrogen) atoms. The second-order valence-corrected chi connectivity index (χ2v) is 6.81. The van der Waals surface area contributed by atoms with Crippen molar-refractivity contribution in [2.45, 2.75) is 13.2 Å². The van der Waals surface area contributed by atoms with Gasteiger partial charge in [-0.05, 0) is 42.5 Å². The molecule has 4 aromatic rings. The number of carbonyl (C=O) groups excluding carboxylic acids is 1. The zero-order valence-electron chi connectivity index (χ0n) is 15.3. The molecule has 0 saturated carbocycles. The molecule has 0 bridgehead atoms. The van der Waals surface area contributed by atoms with E-state index < -0.39 is 11.7 Å². The normalized spacial score (nSPS) is 10.8. The smallest absolute Gasteiger partial charge is 0.244 e. The lowest BCUT2D eigenvalue weighted by atomic mass is 10.3. The zero-order valence-corrected chi connectivity index (χ0v) is 16.1. The van der Waals surface area contributed by atoms with Crippen molar-refractivity contribution in [1.82, 2.24) is 9.55 Å². The van der Waals surface area contributed by atoms with Crippen molar-refractivity contribution in [2.24, 2.45) is 0 Å². The highest BCUT2D eigenvalue weighted by Gasteiger charge is 2.15. The summed E-state index contributed by atoms with van der Waals surface area (Å²) in [6.45, 7) is 0.150. The van der Waals surface area contributed by atoms with Gasteiger partial charge in [0.15, 0.2) is 0 Å². The first-order valence-corrected chi connectivity index (χ1v) is 9.35. The minimum atomic E-state index is -0.550. The molecule has 7 heteroatoms. The number of anilines is 1. The van der Waals surface area contributed by atoms with E-state index in [1.165, 1.54) is 18.2 Å². The highest BCUT2D eigenvalue weighted by molar-refractivity contribution is 6.30. The van der Waals surface area contributed by atoms with Crippen molar-refractivity contribution in [3.8, 4) is 5.75 Å². The molecular weight excluding hydrogens is 393 g/mol. The first kappa shape index (κ1) is 19.0. The van der Waals surface area contributed by atoms with Crippen molar-refractivity contribution < 1.29 is 13.9 Å². The van der Waals surface area contributed by atoms with Gasteiger partial charge in [0.05, 0.1) is 16.7 Å². The molecule has 0 unspecified atom stereocenters. The molecular formula is C22H17ClFN3O2. The maximum Gasteiger partial charge on any atom is 0.244 e. The van der Waals surface area contributed by atoms with Crippen molar-refractivity contribution in [1.29, 1.82) is 0 Å². The average molecular weight is 410 g/mol. The van der Waals surface area contributed by atoms with Crippen molar-refractivity contribution in [2.75, 3.05) is 5.32 Å². The lowest BCUT2D eigenvalue weighted by Gasteiger charge is -2.11. The van der Waals surface area contributed by atoms with Crippen LogP contribution in [0.15, 0.2) is 72.8 Å². The molecule has 1 N–H and O–H groups in total. The fourth-order valence-corrected chi connectivity index (χ4v) is 3.18. The average Bonchev–Trinajstić information content (AvgIpc) is 3.07. The van der Waals surface area contributed by atoms with Crippen LogP contribution in [0.5, 0.6) is 5.75 Å². The molecule has 4 rings (SSSR count). The monoisotopic (exact) mass is 409 g/mol. The van der Waals surface area contributed by atoms with E-state index in [9.17, 15) is 9.18 Å². The van der Waals surface area contributed by atoms with Gasteiger partial charge in [0, 0.05) is 5.02 Å². The van der Waals surface area contributed by atoms with Crippen LogP contribution in [0.2, 0.25) is 5.02 Å². The summed E-state index contributed by atoms with van der Waals surface area (Å²) in [6.07, 6.45) is 0. The van der Waals surface area contributed by atoms with Crippen molar-refractivity contribution in [3.63, 3.8) is 0 Å². The third-order valence-electron chi connectivity index (χ3n) is 4.35. The van der Waals surface area contributed by atoms with E-state index in [0.29, 0.717) is 16.6 Å². The molecule has 3 aromatic carbocycles. The molecule has 0 atom stereocenters. The zero-order chi connectivity index (χ0) is 20.2. The van der Waals surface area contributed by atoms with Crippen LogP contribution in [-0.4, -0.2) is 15.5 Å². The highest BCUT2D eigenvalue weighted by Crippen LogP contribution is 2.21. The van der Waals surface area contributed by atoms with Crippen LogP contribution < -0.4 is 10.1 Å². The number of benzene rings is 3. The van der Waals surface area contributed by atoms with Gasteiger partial charge in [-0.15, -0.1) is 0 Å². The molecule has 0 radical (unpaired) electrons. The predicted molar refractivity (Wildman–Crippen MR) is 111 cm³/mol. The van der Waals surface area contributed by atoms with E-state index in [-0.39, 0.29) is 18.8 Å². The van der Waals surface area contributed by atoms with E-state index in [1.807, 2.05) is 54.6 Å². The Labute approximate surface area is 171 Å². The summed E-state index contributed by atoms with van der Waals surface area (Å²) < 4.78 is 21.5. The number of hydrogen-bond donors (Lipinski definition) is 1. The largest absolute Gasteiger partial charge is 0.486 e. The molecule has 1 aromatic heterocycles. The van der Waals surface area contributed by atoms with Gasteiger partial charge in [0.1, 0.15) is 30.5 Å². The summed E-state index contributed by atoms with van der Waals surface area (Å²) in [6, 6.07) is 20.9. The summed E-state index contributed by atoms with van der Waals surface area (Å²) in [5.74, 6) is 0.356. The van der Waals surface area contributed by atoms with Gasteiger partial charge in [-0.1, -0.05) is 41.9 Å². The van der Waals surface area contributed by atoms with E-state index in [0.717, 1.165) is 11.0 Å². The van der Waals surface area contributed by atoms with Gasteiger partial charge < -0.3 is 14.6 Å². The topological polar surface area (TPSA) is 56.2 Å². The molecule has 146 valence electrons. The third kappa shape index (κ3) is 4.38. The van der Waals surface area contributed by atoms with Gasteiger partial charge in [0.25, 0.3) is 0 Å². The molecule has 0 spiro atoms. The van der Waals surface area contributed by atoms with Crippen LogP contribution >= 0.6 is 11.6 Å². The number of ether oxygens (including phenoxy) is 1. The van der Waals surface area contributed by atoms with E-state index in [1.54, 1.807) is 4.57 Å². The number of amides is 1. The van der Waals surface area contributed by atoms with Crippen LogP contribution in [0, 0.1) is 5.82 Å². The lowest BCUT2D eigenvalue weighted by Crippen LogP contribution is -2.21. The molecule has 5 nitrogen and oxygen atoms in total. The van der Waals surface area contributed by atoms with Crippen LogP contribution in [0.3, 0.4) is 0 Å². The second kappa shape index (κ2) is 8.32. The highest BCUT2D eigenvalue weighted by atomic mass is 35.5. The number of imidazole rings is 1. The number of rotatable bonds is 6. The first-order valence-electron chi connectivity index (χ1n) is 8.97. The Morgan fingerprint density at radius 2 is 1.83 bits per heavy atom. The fourth-order valence-electron chi connectivity index (χ4n) is 3.00. The summed E-state index contributed by atoms with van der Waals surface area (Å²) in [4.78, 5) is 17.2. The Hall–Kier alpha value is -3.38. The van der Waals surface area contributed by atoms with Crippen LogP contribution in [0.1, 0.15) is 5.82 Å². The molecule has 0 saturated heterocycles. The Kier molecular flexibility index (Phi) is 5.44. The van der Waals surface area contributed by atoms with Gasteiger partial charge in [-0.3, -0.25) is 4.79 Å². The molecule has 1 heterocycles. The summed E-state index contributed by atoms with van der Waals surface area (Å²) in [5, 5.41) is 2.91.